The predicted octanol–water partition coefficient (Wildman–Crippen LogP) is 0.371. The van der Waals surface area contributed by atoms with Crippen LogP contribution in [0.15, 0.2) is 0 Å². The van der Waals surface area contributed by atoms with E-state index in [2.05, 4.69) is 0 Å². The lowest BCUT2D eigenvalue weighted by Crippen LogP contribution is -2.31. The highest BCUT2D eigenvalue weighted by atomic mass is 32.2. The van der Waals surface area contributed by atoms with Crippen LogP contribution in [0.2, 0.25) is 0 Å². The molecule has 68 valence electrons. The van der Waals surface area contributed by atoms with Gasteiger partial charge in [-0.25, -0.2) is 8.42 Å². The van der Waals surface area contributed by atoms with Gasteiger partial charge in [0.15, 0.2) is 0 Å². The predicted molar refractivity (Wildman–Crippen MR) is 47.5 cm³/mol. The van der Waals surface area contributed by atoms with Crippen molar-refractivity contribution in [1.82, 2.24) is 4.90 Å². The molecule has 0 aromatic rings. The van der Waals surface area contributed by atoms with Crippen LogP contribution in [-0.2, 0) is 9.84 Å². The topological polar surface area (TPSA) is 37.4 Å². The van der Waals surface area contributed by atoms with Crippen LogP contribution in [0.25, 0.3) is 0 Å². The third-order valence-corrected chi connectivity index (χ3v) is 2.62. The van der Waals surface area contributed by atoms with Gasteiger partial charge in [0.25, 0.3) is 0 Å². The van der Waals surface area contributed by atoms with E-state index in [4.69, 9.17) is 0 Å². The van der Waals surface area contributed by atoms with E-state index in [0.717, 1.165) is 0 Å². The van der Waals surface area contributed by atoms with Crippen molar-refractivity contribution in [2.45, 2.75) is 19.9 Å². The molecule has 0 aliphatic rings. The average molecular weight is 179 g/mol. The Morgan fingerprint density at radius 2 is 1.82 bits per heavy atom. The standard InChI is InChI=1S/C7H17NO2S/c1-7(2)8(3)5-6-11(4,9)10/h7H,5-6H2,1-4H3. The molecule has 0 rings (SSSR count). The summed E-state index contributed by atoms with van der Waals surface area (Å²) < 4.78 is 21.5. The Balaban J connectivity index is 3.72. The maximum atomic E-state index is 10.7. The van der Waals surface area contributed by atoms with Gasteiger partial charge in [0, 0.05) is 18.8 Å². The molecule has 0 aromatic heterocycles. The van der Waals surface area contributed by atoms with Crippen molar-refractivity contribution in [2.75, 3.05) is 25.6 Å². The Labute approximate surface area is 69.3 Å². The number of rotatable bonds is 4. The number of sulfone groups is 1. The van der Waals surface area contributed by atoms with Crippen LogP contribution in [0.1, 0.15) is 13.8 Å². The number of nitrogens with zero attached hydrogens (tertiary/aromatic N) is 1. The van der Waals surface area contributed by atoms with E-state index in [9.17, 15) is 8.42 Å². The van der Waals surface area contributed by atoms with Crippen molar-refractivity contribution < 1.29 is 8.42 Å². The molecule has 0 spiro atoms. The van der Waals surface area contributed by atoms with Gasteiger partial charge in [0.1, 0.15) is 9.84 Å². The summed E-state index contributed by atoms with van der Waals surface area (Å²) in [5, 5.41) is 0. The lowest BCUT2D eigenvalue weighted by Gasteiger charge is -2.19. The third kappa shape index (κ3) is 6.31. The highest BCUT2D eigenvalue weighted by molar-refractivity contribution is 7.90. The lowest BCUT2D eigenvalue weighted by molar-refractivity contribution is 0.290. The lowest BCUT2D eigenvalue weighted by atomic mass is 10.3. The second kappa shape index (κ2) is 4.07. The van der Waals surface area contributed by atoms with Crippen LogP contribution < -0.4 is 0 Å². The zero-order valence-electron chi connectivity index (χ0n) is 7.66. The van der Waals surface area contributed by atoms with E-state index in [0.29, 0.717) is 12.6 Å². The van der Waals surface area contributed by atoms with Gasteiger partial charge in [-0.3, -0.25) is 0 Å². The summed E-state index contributed by atoms with van der Waals surface area (Å²) in [7, 11) is -0.868. The maximum absolute atomic E-state index is 10.7. The van der Waals surface area contributed by atoms with Crippen LogP contribution >= 0.6 is 0 Å². The first-order chi connectivity index (χ1) is 4.83. The zero-order valence-corrected chi connectivity index (χ0v) is 8.48. The van der Waals surface area contributed by atoms with Crippen LogP contribution in [-0.4, -0.2) is 45.0 Å². The minimum atomic E-state index is -2.79. The van der Waals surface area contributed by atoms with Gasteiger partial charge >= 0.3 is 0 Å². The minimum Gasteiger partial charge on any atom is -0.303 e. The molecule has 0 aliphatic heterocycles. The van der Waals surface area contributed by atoms with Gasteiger partial charge < -0.3 is 4.90 Å². The Hall–Kier alpha value is -0.0900. The van der Waals surface area contributed by atoms with Crippen LogP contribution in [0.4, 0.5) is 0 Å². The fraction of sp³-hybridized carbons (Fsp3) is 1.00. The first-order valence-electron chi connectivity index (χ1n) is 3.71. The summed E-state index contributed by atoms with van der Waals surface area (Å²) in [6, 6.07) is 0.414. The van der Waals surface area contributed by atoms with Gasteiger partial charge in [-0.05, 0) is 20.9 Å². The molecule has 3 nitrogen and oxygen atoms in total. The van der Waals surface area contributed by atoms with E-state index in [-0.39, 0.29) is 5.75 Å². The monoisotopic (exact) mass is 179 g/mol. The van der Waals surface area contributed by atoms with Gasteiger partial charge in [0.2, 0.25) is 0 Å². The molecule has 0 atom stereocenters. The fourth-order valence-corrected chi connectivity index (χ4v) is 1.19. The van der Waals surface area contributed by atoms with Gasteiger partial charge in [0.05, 0.1) is 5.75 Å². The first-order valence-corrected chi connectivity index (χ1v) is 5.77. The molecule has 0 aromatic carbocycles. The molecule has 11 heavy (non-hydrogen) atoms. The van der Waals surface area contributed by atoms with Crippen molar-refractivity contribution in [3.63, 3.8) is 0 Å². The van der Waals surface area contributed by atoms with Crippen LogP contribution in [0.5, 0.6) is 0 Å². The summed E-state index contributed by atoms with van der Waals surface area (Å²) in [5.74, 6) is 0.252. The Bertz CT molecular complexity index is 196. The van der Waals surface area contributed by atoms with Crippen molar-refractivity contribution in [1.29, 1.82) is 0 Å². The summed E-state index contributed by atoms with van der Waals surface area (Å²) in [6.45, 7) is 4.71. The fourth-order valence-electron chi connectivity index (χ4n) is 0.568. The van der Waals surface area contributed by atoms with E-state index in [1.807, 2.05) is 25.8 Å². The van der Waals surface area contributed by atoms with Gasteiger partial charge in [-0.1, -0.05) is 0 Å². The summed E-state index contributed by atoms with van der Waals surface area (Å²) in [4.78, 5) is 2.01. The maximum Gasteiger partial charge on any atom is 0.148 e. The van der Waals surface area contributed by atoms with Gasteiger partial charge in [-0.2, -0.15) is 0 Å². The zero-order chi connectivity index (χ0) is 9.07. The van der Waals surface area contributed by atoms with E-state index in [1.165, 1.54) is 6.26 Å². The number of hydrogen-bond donors (Lipinski definition) is 0. The van der Waals surface area contributed by atoms with Crippen molar-refractivity contribution in [3.8, 4) is 0 Å². The molecule has 0 unspecified atom stereocenters. The molecule has 0 amide bonds. The second-order valence-corrected chi connectivity index (χ2v) is 5.46. The minimum absolute atomic E-state index is 0.252. The Morgan fingerprint density at radius 3 is 2.09 bits per heavy atom. The van der Waals surface area contributed by atoms with E-state index < -0.39 is 9.84 Å². The molecule has 0 saturated heterocycles. The van der Waals surface area contributed by atoms with Gasteiger partial charge in [-0.15, -0.1) is 0 Å². The van der Waals surface area contributed by atoms with Crippen molar-refractivity contribution in [2.24, 2.45) is 0 Å². The molecule has 0 heterocycles. The Kier molecular flexibility index (Phi) is 4.03. The summed E-state index contributed by atoms with van der Waals surface area (Å²) in [6.07, 6.45) is 1.27. The second-order valence-electron chi connectivity index (χ2n) is 3.20. The van der Waals surface area contributed by atoms with Crippen molar-refractivity contribution in [3.05, 3.63) is 0 Å². The first kappa shape index (κ1) is 10.9. The molecular formula is C7H17NO2S. The molecule has 4 heteroatoms. The van der Waals surface area contributed by atoms with Crippen LogP contribution in [0.3, 0.4) is 0 Å². The SMILES string of the molecule is CC(C)N(C)CCS(C)(=O)=O. The van der Waals surface area contributed by atoms with Crippen LogP contribution in [0, 0.1) is 0 Å². The smallest absolute Gasteiger partial charge is 0.148 e. The van der Waals surface area contributed by atoms with Crippen molar-refractivity contribution >= 4 is 9.84 Å². The highest BCUT2D eigenvalue weighted by Crippen LogP contribution is 1.93. The summed E-state index contributed by atoms with van der Waals surface area (Å²) >= 11 is 0. The molecule has 0 radical (unpaired) electrons. The third-order valence-electron chi connectivity index (χ3n) is 1.70. The van der Waals surface area contributed by atoms with E-state index >= 15 is 0 Å². The quantitative estimate of drug-likeness (QED) is 0.626. The largest absolute Gasteiger partial charge is 0.303 e. The Morgan fingerprint density at radius 1 is 1.36 bits per heavy atom. The molecule has 0 aliphatic carbocycles. The highest BCUT2D eigenvalue weighted by Gasteiger charge is 2.07. The molecule has 0 bridgehead atoms. The average Bonchev–Trinajstić information content (AvgIpc) is 1.80. The van der Waals surface area contributed by atoms with E-state index in [1.54, 1.807) is 0 Å². The molecule has 0 N–H and O–H groups in total. The number of hydrogen-bond acceptors (Lipinski definition) is 3. The molecule has 0 fully saturated rings. The molecule has 0 saturated carbocycles. The summed E-state index contributed by atoms with van der Waals surface area (Å²) in [5.41, 5.74) is 0. The molecular weight excluding hydrogens is 162 g/mol. The normalized spacial score (nSPS) is 12.9.